The largest absolute Gasteiger partial charge is 0.481 e. The van der Waals surface area contributed by atoms with Crippen LogP contribution in [0.4, 0.5) is 19.0 Å². The first-order valence-electron chi connectivity index (χ1n) is 18.4. The molecule has 1 unspecified atom stereocenters. The van der Waals surface area contributed by atoms with Gasteiger partial charge in [-0.3, -0.25) is 10.00 Å². The molecule has 0 amide bonds. The Labute approximate surface area is 302 Å². The van der Waals surface area contributed by atoms with Gasteiger partial charge in [0.2, 0.25) is 0 Å². The summed E-state index contributed by atoms with van der Waals surface area (Å²) in [5.74, 6) is 1.45. The second-order valence-electron chi connectivity index (χ2n) is 15.8. The summed E-state index contributed by atoms with van der Waals surface area (Å²) >= 11 is 0. The molecule has 3 aliphatic heterocycles. The number of benzene rings is 2. The zero-order chi connectivity index (χ0) is 37.0. The van der Waals surface area contributed by atoms with Gasteiger partial charge >= 0.3 is 6.18 Å². The second-order valence-corrected chi connectivity index (χ2v) is 15.8. The van der Waals surface area contributed by atoms with Crippen molar-refractivity contribution in [2.75, 3.05) is 57.3 Å². The van der Waals surface area contributed by atoms with Crippen molar-refractivity contribution >= 4 is 27.6 Å². The van der Waals surface area contributed by atoms with Crippen LogP contribution in [0.2, 0.25) is 0 Å². The molecule has 52 heavy (non-hydrogen) atoms. The molecule has 7 rings (SSSR count). The fraction of sp³-hybridized carbons (Fsp3) is 0.564. The highest BCUT2D eigenvalue weighted by atomic mass is 19.4. The number of hydrogen-bond donors (Lipinski definition) is 3. The van der Waals surface area contributed by atoms with Crippen LogP contribution in [-0.4, -0.2) is 111 Å². The number of nitrogens with zero attached hydrogens (tertiary/aromatic N) is 6. The van der Waals surface area contributed by atoms with Crippen LogP contribution in [0.1, 0.15) is 69.3 Å². The quantitative estimate of drug-likeness (QED) is 0.162. The van der Waals surface area contributed by atoms with Crippen LogP contribution in [0.3, 0.4) is 0 Å². The summed E-state index contributed by atoms with van der Waals surface area (Å²) in [6.07, 6.45) is 1.93. The Kier molecular flexibility index (Phi) is 9.77. The van der Waals surface area contributed by atoms with Crippen molar-refractivity contribution in [2.45, 2.75) is 83.7 Å². The highest BCUT2D eigenvalue weighted by Gasteiger charge is 2.46. The Morgan fingerprint density at radius 2 is 1.79 bits per heavy atom. The summed E-state index contributed by atoms with van der Waals surface area (Å²) in [5, 5.41) is 29.5. The van der Waals surface area contributed by atoms with Gasteiger partial charge in [-0.05, 0) is 106 Å². The predicted octanol–water partition coefficient (Wildman–Crippen LogP) is 6.34. The molecule has 5 heterocycles. The number of β-amino-alcohol motifs (C(OH)–C–C–N with tert-alkyl or cyclic N) is 1. The molecule has 13 heteroatoms. The third-order valence-corrected chi connectivity index (χ3v) is 11.2. The highest BCUT2D eigenvalue weighted by molar-refractivity contribution is 6.05. The Morgan fingerprint density at radius 1 is 1.08 bits per heavy atom. The van der Waals surface area contributed by atoms with Crippen molar-refractivity contribution < 1.29 is 28.1 Å². The number of halogens is 3. The van der Waals surface area contributed by atoms with Gasteiger partial charge in [-0.1, -0.05) is 19.6 Å². The fourth-order valence-electron chi connectivity index (χ4n) is 8.58. The molecule has 0 bridgehead atoms. The number of aryl methyl sites for hydroxylation is 2. The molecule has 2 aromatic heterocycles. The molecule has 0 radical (unpaired) electrons. The predicted molar refractivity (Wildman–Crippen MR) is 197 cm³/mol. The van der Waals surface area contributed by atoms with Gasteiger partial charge in [0, 0.05) is 55.0 Å². The van der Waals surface area contributed by atoms with Gasteiger partial charge < -0.3 is 24.7 Å². The van der Waals surface area contributed by atoms with Gasteiger partial charge in [0.1, 0.15) is 23.4 Å². The summed E-state index contributed by atoms with van der Waals surface area (Å²) in [6.45, 7) is 14.9. The van der Waals surface area contributed by atoms with Crippen LogP contribution in [0.5, 0.6) is 5.75 Å². The average molecular weight is 722 g/mol. The number of H-pyrrole nitrogens is 1. The lowest BCUT2D eigenvalue weighted by atomic mass is 9.72. The molecule has 3 saturated heterocycles. The monoisotopic (exact) mass is 721 g/mol. The van der Waals surface area contributed by atoms with E-state index in [4.69, 9.17) is 14.7 Å². The molecular formula is C39H50F3N7O3. The molecule has 4 aromatic rings. The van der Waals surface area contributed by atoms with Gasteiger partial charge in [-0.2, -0.15) is 18.3 Å². The van der Waals surface area contributed by atoms with Crippen LogP contribution in [0, 0.1) is 12.3 Å². The third kappa shape index (κ3) is 7.24. The maximum Gasteiger partial charge on any atom is 0.422 e. The SMILES string of the molecule is C=CC(O)N1CC2(CCN(c3nc(C4CCN(CC(C)(C)O)CC4)nc4c(OCC(F)(F)F)c(-c5c(C)ccc6[nH]ncc56)c(CC)cc34)CC2)C1. The third-order valence-electron chi connectivity index (χ3n) is 11.2. The lowest BCUT2D eigenvalue weighted by molar-refractivity contribution is -0.153. The molecule has 3 N–H and O–H groups in total. The summed E-state index contributed by atoms with van der Waals surface area (Å²) < 4.78 is 48.0. The van der Waals surface area contributed by atoms with E-state index in [9.17, 15) is 23.4 Å². The van der Waals surface area contributed by atoms with Crippen molar-refractivity contribution in [3.8, 4) is 16.9 Å². The van der Waals surface area contributed by atoms with Gasteiger partial charge in [-0.25, -0.2) is 9.97 Å². The molecule has 3 aliphatic rings. The fourth-order valence-corrected chi connectivity index (χ4v) is 8.58. The van der Waals surface area contributed by atoms with E-state index in [0.717, 1.165) is 98.4 Å². The zero-order valence-electron chi connectivity index (χ0n) is 30.6. The zero-order valence-corrected chi connectivity index (χ0v) is 30.6. The van der Waals surface area contributed by atoms with E-state index in [1.807, 2.05) is 30.9 Å². The van der Waals surface area contributed by atoms with Crippen LogP contribution in [0.15, 0.2) is 37.1 Å². The van der Waals surface area contributed by atoms with Gasteiger partial charge in [-0.15, -0.1) is 0 Å². The van der Waals surface area contributed by atoms with E-state index >= 15 is 0 Å². The number of likely N-dealkylation sites (tertiary alicyclic amines) is 2. The summed E-state index contributed by atoms with van der Waals surface area (Å²) in [6, 6.07) is 5.93. The Hall–Kier alpha value is -3.78. The Balaban J connectivity index is 1.37. The number of piperidine rings is 2. The van der Waals surface area contributed by atoms with E-state index in [2.05, 4.69) is 32.6 Å². The van der Waals surface area contributed by atoms with Crippen molar-refractivity contribution in [1.29, 1.82) is 0 Å². The molecule has 280 valence electrons. The number of ether oxygens (including phenoxy) is 1. The van der Waals surface area contributed by atoms with Crippen molar-refractivity contribution in [3.05, 3.63) is 54.0 Å². The summed E-state index contributed by atoms with van der Waals surface area (Å²) in [7, 11) is 0. The molecule has 0 aliphatic carbocycles. The van der Waals surface area contributed by atoms with Gasteiger partial charge in [0.15, 0.2) is 12.4 Å². The van der Waals surface area contributed by atoms with E-state index < -0.39 is 24.6 Å². The first kappa shape index (κ1) is 36.6. The number of fused-ring (bicyclic) bond motifs is 2. The Morgan fingerprint density at radius 3 is 2.42 bits per heavy atom. The minimum absolute atomic E-state index is 0.0123. The molecule has 10 nitrogen and oxygen atoms in total. The number of aliphatic hydroxyl groups is 2. The minimum atomic E-state index is -4.56. The van der Waals surface area contributed by atoms with Gasteiger partial charge in [0.05, 0.1) is 17.3 Å². The number of alkyl halides is 3. The minimum Gasteiger partial charge on any atom is -0.481 e. The van der Waals surface area contributed by atoms with Crippen LogP contribution >= 0.6 is 0 Å². The van der Waals surface area contributed by atoms with E-state index in [-0.39, 0.29) is 17.1 Å². The van der Waals surface area contributed by atoms with Crippen LogP contribution < -0.4 is 9.64 Å². The first-order valence-corrected chi connectivity index (χ1v) is 18.4. The number of nitrogens with one attached hydrogen (secondary N) is 1. The number of anilines is 1. The Bertz CT molecular complexity index is 1930. The summed E-state index contributed by atoms with van der Waals surface area (Å²) in [5.41, 5.74) is 3.57. The van der Waals surface area contributed by atoms with Crippen LogP contribution in [0.25, 0.3) is 32.9 Å². The number of aromatic nitrogens is 4. The number of hydrogen-bond acceptors (Lipinski definition) is 9. The second kappa shape index (κ2) is 13.9. The van der Waals surface area contributed by atoms with E-state index in [1.165, 1.54) is 0 Å². The lowest BCUT2D eigenvalue weighted by Crippen LogP contribution is -2.62. The van der Waals surface area contributed by atoms with Crippen molar-refractivity contribution in [3.63, 3.8) is 0 Å². The van der Waals surface area contributed by atoms with Crippen LogP contribution in [-0.2, 0) is 6.42 Å². The molecule has 0 saturated carbocycles. The lowest BCUT2D eigenvalue weighted by Gasteiger charge is -2.55. The number of aliphatic hydroxyl groups excluding tert-OH is 1. The van der Waals surface area contributed by atoms with Crippen molar-refractivity contribution in [2.24, 2.45) is 5.41 Å². The average Bonchev–Trinajstić information content (AvgIpc) is 3.57. The van der Waals surface area contributed by atoms with E-state index in [1.54, 1.807) is 26.1 Å². The number of aromatic amines is 1. The van der Waals surface area contributed by atoms with Gasteiger partial charge in [0.25, 0.3) is 0 Å². The molecule has 1 spiro atoms. The number of rotatable bonds is 10. The topological polar surface area (TPSA) is 114 Å². The summed E-state index contributed by atoms with van der Waals surface area (Å²) in [4.78, 5) is 16.9. The smallest absolute Gasteiger partial charge is 0.422 e. The highest BCUT2D eigenvalue weighted by Crippen LogP contribution is 2.48. The maximum atomic E-state index is 14.0. The van der Waals surface area contributed by atoms with E-state index in [0.29, 0.717) is 35.3 Å². The maximum absolute atomic E-state index is 14.0. The standard InChI is InChI=1S/C39H50F3N7O3/c1-6-25-18-27-33(34(52-23-39(40,41)42)32(25)31-24(3)8-9-29-28(31)19-43-46-29)44-35(26-10-14-47(15-11-26)20-37(4,5)51)45-36(27)48-16-12-38(13-17-48)21-49(22-38)30(50)7-2/h7-9,18-19,26,30,50-51H,2,6,10-17,20-23H2,1,3-5H3,(H,43,46). The normalized spacial score (nSPS) is 19.8. The molecule has 2 aromatic carbocycles. The molecule has 3 fully saturated rings. The molecule has 1 atom stereocenters. The van der Waals surface area contributed by atoms with Crippen molar-refractivity contribution in [1.82, 2.24) is 30.0 Å². The molecular weight excluding hydrogens is 671 g/mol. The first-order chi connectivity index (χ1) is 24.7.